The molecule has 0 amide bonds. The fourth-order valence-electron chi connectivity index (χ4n) is 1.41. The number of carbonyl (C=O) groups excluding carboxylic acids is 1. The molecule has 0 aliphatic heterocycles. The first-order valence-corrected chi connectivity index (χ1v) is 6.92. The van der Waals surface area contributed by atoms with E-state index >= 15 is 0 Å². The lowest BCUT2D eigenvalue weighted by Gasteiger charge is -2.00. The lowest BCUT2D eigenvalue weighted by Crippen LogP contribution is -2.02. The minimum absolute atomic E-state index is 0.389. The van der Waals surface area contributed by atoms with Gasteiger partial charge < -0.3 is 14.9 Å². The maximum atomic E-state index is 11.5. The van der Waals surface area contributed by atoms with Gasteiger partial charge in [0.1, 0.15) is 11.3 Å². The number of esters is 1. The van der Waals surface area contributed by atoms with Gasteiger partial charge in [0.2, 0.25) is 0 Å². The normalized spacial score (nSPS) is 10.6. The minimum Gasteiger partial charge on any atom is -0.468 e. The number of rotatable bonds is 4. The van der Waals surface area contributed by atoms with Gasteiger partial charge in [-0.3, -0.25) is 0 Å². The van der Waals surface area contributed by atoms with Gasteiger partial charge in [-0.25, -0.2) is 9.78 Å². The molecule has 96 valence electrons. The van der Waals surface area contributed by atoms with Gasteiger partial charge in [-0.2, -0.15) is 0 Å². The number of aromatic nitrogens is 1. The molecule has 0 saturated carbocycles. The van der Waals surface area contributed by atoms with Crippen LogP contribution in [0.1, 0.15) is 21.8 Å². The van der Waals surface area contributed by atoms with Crippen molar-refractivity contribution in [2.75, 3.05) is 12.8 Å². The van der Waals surface area contributed by atoms with Crippen LogP contribution in [0.3, 0.4) is 0 Å². The summed E-state index contributed by atoms with van der Waals surface area (Å²) in [5.74, 6) is 0.748. The van der Waals surface area contributed by atoms with Gasteiger partial charge in [0.15, 0.2) is 5.13 Å². The highest BCUT2D eigenvalue weighted by molar-refractivity contribution is 8.00. The summed E-state index contributed by atoms with van der Waals surface area (Å²) in [7, 11) is 1.35. The number of nitrogen functional groups attached to an aromatic ring is 1. The number of ether oxygens (including phenoxy) is 1. The number of furan rings is 1. The van der Waals surface area contributed by atoms with Crippen LogP contribution in [0.4, 0.5) is 5.13 Å². The van der Waals surface area contributed by atoms with Crippen LogP contribution in [0.5, 0.6) is 0 Å². The Morgan fingerprint density at radius 3 is 3.06 bits per heavy atom. The zero-order valence-electron chi connectivity index (χ0n) is 9.93. The van der Waals surface area contributed by atoms with E-state index in [1.54, 1.807) is 17.8 Å². The van der Waals surface area contributed by atoms with Crippen LogP contribution in [0, 0.1) is 6.92 Å². The van der Waals surface area contributed by atoms with Crippen molar-refractivity contribution in [1.29, 1.82) is 0 Å². The van der Waals surface area contributed by atoms with E-state index in [4.69, 9.17) is 10.2 Å². The second-order valence-corrected chi connectivity index (χ2v) is 5.74. The van der Waals surface area contributed by atoms with Crippen LogP contribution < -0.4 is 5.73 Å². The van der Waals surface area contributed by atoms with Crippen molar-refractivity contribution < 1.29 is 13.9 Å². The van der Waals surface area contributed by atoms with Gasteiger partial charge in [-0.15, -0.1) is 11.8 Å². The smallest absolute Gasteiger partial charge is 0.341 e. The molecular weight excluding hydrogens is 272 g/mol. The summed E-state index contributed by atoms with van der Waals surface area (Å²) >= 11 is 2.97. The van der Waals surface area contributed by atoms with E-state index in [9.17, 15) is 4.79 Å². The molecule has 0 spiro atoms. The van der Waals surface area contributed by atoms with Gasteiger partial charge in [0.05, 0.1) is 29.0 Å². The fourth-order valence-corrected chi connectivity index (χ4v) is 3.39. The van der Waals surface area contributed by atoms with Gasteiger partial charge in [-0.05, 0) is 13.0 Å². The molecule has 2 heterocycles. The Labute approximate surface area is 112 Å². The second-order valence-electron chi connectivity index (χ2n) is 3.46. The number of methoxy groups -OCH3 is 1. The zero-order chi connectivity index (χ0) is 13.1. The molecule has 0 aliphatic carbocycles. The standard InChI is InChI=1S/C11H12N2O3S2/c1-6-10(18-11(12)13-6)17-5-8-7(3-4-16-8)9(14)15-2/h3-4H,5H2,1-2H3,(H2,12,13). The molecule has 0 unspecified atom stereocenters. The third-order valence-corrected chi connectivity index (χ3v) is 4.60. The quantitative estimate of drug-likeness (QED) is 0.687. The first-order chi connectivity index (χ1) is 8.61. The van der Waals surface area contributed by atoms with Crippen molar-refractivity contribution in [3.05, 3.63) is 29.3 Å². The number of carbonyl (C=O) groups is 1. The monoisotopic (exact) mass is 284 g/mol. The van der Waals surface area contributed by atoms with Crippen molar-refractivity contribution in [2.24, 2.45) is 0 Å². The van der Waals surface area contributed by atoms with E-state index in [2.05, 4.69) is 9.72 Å². The number of thioether (sulfide) groups is 1. The average Bonchev–Trinajstić information content (AvgIpc) is 2.92. The molecule has 2 aromatic heterocycles. The summed E-state index contributed by atoms with van der Waals surface area (Å²) in [6, 6.07) is 1.61. The van der Waals surface area contributed by atoms with Crippen LogP contribution in [0.25, 0.3) is 0 Å². The predicted octanol–water partition coefficient (Wildman–Crippen LogP) is 2.71. The van der Waals surface area contributed by atoms with Crippen LogP contribution in [0.2, 0.25) is 0 Å². The summed E-state index contributed by atoms with van der Waals surface area (Å²) < 4.78 is 11.0. The second kappa shape index (κ2) is 5.45. The zero-order valence-corrected chi connectivity index (χ0v) is 11.6. The van der Waals surface area contributed by atoms with E-state index in [1.807, 2.05) is 6.92 Å². The van der Waals surface area contributed by atoms with Gasteiger partial charge in [-0.1, -0.05) is 11.3 Å². The van der Waals surface area contributed by atoms with Gasteiger partial charge >= 0.3 is 5.97 Å². The van der Waals surface area contributed by atoms with Crippen molar-refractivity contribution in [2.45, 2.75) is 16.9 Å². The molecule has 7 heteroatoms. The number of nitrogens with two attached hydrogens (primary N) is 1. The largest absolute Gasteiger partial charge is 0.468 e. The molecule has 2 aromatic rings. The number of hydrogen-bond donors (Lipinski definition) is 1. The number of aryl methyl sites for hydroxylation is 1. The Kier molecular flexibility index (Phi) is 3.93. The van der Waals surface area contributed by atoms with Crippen molar-refractivity contribution in [1.82, 2.24) is 4.98 Å². The maximum absolute atomic E-state index is 11.5. The van der Waals surface area contributed by atoms with Crippen molar-refractivity contribution in [3.8, 4) is 0 Å². The Bertz CT molecular complexity index is 562. The molecule has 0 radical (unpaired) electrons. The lowest BCUT2D eigenvalue weighted by molar-refractivity contribution is 0.0598. The molecule has 18 heavy (non-hydrogen) atoms. The summed E-state index contributed by atoms with van der Waals surface area (Å²) in [6.07, 6.45) is 1.48. The molecular formula is C11H12N2O3S2. The number of hydrogen-bond acceptors (Lipinski definition) is 7. The van der Waals surface area contributed by atoms with E-state index in [1.165, 1.54) is 24.7 Å². The number of nitrogens with zero attached hydrogens (tertiary/aromatic N) is 1. The topological polar surface area (TPSA) is 78.3 Å². The van der Waals surface area contributed by atoms with Crippen LogP contribution in [-0.2, 0) is 10.5 Å². The third-order valence-electron chi connectivity index (χ3n) is 2.26. The average molecular weight is 284 g/mol. The lowest BCUT2D eigenvalue weighted by atomic mass is 10.3. The highest BCUT2D eigenvalue weighted by Gasteiger charge is 2.16. The predicted molar refractivity (Wildman–Crippen MR) is 70.9 cm³/mol. The van der Waals surface area contributed by atoms with Crippen LogP contribution >= 0.6 is 23.1 Å². The summed E-state index contributed by atoms with van der Waals surface area (Å²) in [5.41, 5.74) is 6.98. The molecule has 2 N–H and O–H groups in total. The third kappa shape index (κ3) is 2.68. The SMILES string of the molecule is COC(=O)c1ccoc1CSc1sc(N)nc1C. The summed E-state index contributed by atoms with van der Waals surface area (Å²) in [6.45, 7) is 1.90. The number of anilines is 1. The summed E-state index contributed by atoms with van der Waals surface area (Å²) in [5, 5.41) is 0.544. The summed E-state index contributed by atoms with van der Waals surface area (Å²) in [4.78, 5) is 15.6. The van der Waals surface area contributed by atoms with E-state index in [-0.39, 0.29) is 5.97 Å². The first kappa shape index (κ1) is 13.0. The number of thiazole rings is 1. The van der Waals surface area contributed by atoms with Gasteiger partial charge in [0.25, 0.3) is 0 Å². The van der Waals surface area contributed by atoms with Gasteiger partial charge in [0, 0.05) is 0 Å². The molecule has 0 aromatic carbocycles. The Morgan fingerprint density at radius 1 is 1.67 bits per heavy atom. The van der Waals surface area contributed by atoms with E-state index < -0.39 is 0 Å². The Balaban J connectivity index is 2.09. The highest BCUT2D eigenvalue weighted by Crippen LogP contribution is 2.33. The maximum Gasteiger partial charge on any atom is 0.341 e. The van der Waals surface area contributed by atoms with Crippen LogP contribution in [-0.4, -0.2) is 18.1 Å². The molecule has 5 nitrogen and oxygen atoms in total. The molecule has 0 bridgehead atoms. The first-order valence-electron chi connectivity index (χ1n) is 5.12. The molecule has 0 atom stereocenters. The molecule has 0 fully saturated rings. The Morgan fingerprint density at radius 2 is 2.44 bits per heavy atom. The fraction of sp³-hybridized carbons (Fsp3) is 0.273. The molecule has 0 aliphatic rings. The minimum atomic E-state index is -0.389. The van der Waals surface area contributed by atoms with E-state index in [0.717, 1.165) is 9.90 Å². The highest BCUT2D eigenvalue weighted by atomic mass is 32.2. The Hall–Kier alpha value is -1.47. The van der Waals surface area contributed by atoms with Crippen molar-refractivity contribution >= 4 is 34.2 Å². The van der Waals surface area contributed by atoms with Crippen molar-refractivity contribution in [3.63, 3.8) is 0 Å². The van der Waals surface area contributed by atoms with Crippen LogP contribution in [0.15, 0.2) is 21.0 Å². The molecule has 2 rings (SSSR count). The van der Waals surface area contributed by atoms with E-state index in [0.29, 0.717) is 22.2 Å². The molecule has 0 saturated heterocycles.